The number of carbonyl (C=O) groups is 1. The highest BCUT2D eigenvalue weighted by Gasteiger charge is 2.43. The van der Waals surface area contributed by atoms with Crippen molar-refractivity contribution in [2.24, 2.45) is 0 Å². The number of likely N-dealkylation sites (tertiary alicyclic amines) is 1. The first kappa shape index (κ1) is 21.4. The molecular formula is C28H28N4OS. The maximum absolute atomic E-state index is 13.7. The first-order valence-corrected chi connectivity index (χ1v) is 12.9. The minimum absolute atomic E-state index is 0.166. The Morgan fingerprint density at radius 2 is 1.85 bits per heavy atom. The highest BCUT2D eigenvalue weighted by Crippen LogP contribution is 2.45. The van der Waals surface area contributed by atoms with E-state index in [1.54, 1.807) is 0 Å². The summed E-state index contributed by atoms with van der Waals surface area (Å²) in [5.41, 5.74) is 6.73. The molecule has 0 saturated carbocycles. The van der Waals surface area contributed by atoms with E-state index in [1.165, 1.54) is 22.9 Å². The number of rotatable bonds is 4. The molecule has 3 heterocycles. The second kappa shape index (κ2) is 8.60. The Hall–Kier alpha value is -3.09. The van der Waals surface area contributed by atoms with Crippen LogP contribution in [0.1, 0.15) is 23.5 Å². The lowest BCUT2D eigenvalue weighted by molar-refractivity contribution is -0.116. The highest BCUT2D eigenvalue weighted by molar-refractivity contribution is 7.99. The lowest BCUT2D eigenvalue weighted by atomic mass is 9.89. The van der Waals surface area contributed by atoms with Gasteiger partial charge in [0.25, 0.3) is 0 Å². The molecule has 0 N–H and O–H groups in total. The molecule has 34 heavy (non-hydrogen) atoms. The van der Waals surface area contributed by atoms with Crippen LogP contribution in [0.4, 0.5) is 5.69 Å². The normalized spacial score (nSPS) is 19.9. The van der Waals surface area contributed by atoms with Crippen molar-refractivity contribution < 1.29 is 4.79 Å². The van der Waals surface area contributed by atoms with Gasteiger partial charge in [-0.25, -0.2) is 4.98 Å². The van der Waals surface area contributed by atoms with Gasteiger partial charge in [0.05, 0.1) is 16.8 Å². The number of piperidine rings is 1. The monoisotopic (exact) mass is 468 g/mol. The fourth-order valence-corrected chi connectivity index (χ4v) is 6.42. The maximum atomic E-state index is 13.7. The van der Waals surface area contributed by atoms with Crippen LogP contribution >= 0.6 is 11.8 Å². The topological polar surface area (TPSA) is 41.4 Å². The van der Waals surface area contributed by atoms with Gasteiger partial charge in [0.2, 0.25) is 5.91 Å². The van der Waals surface area contributed by atoms with Crippen LogP contribution in [0.5, 0.6) is 0 Å². The zero-order valence-electron chi connectivity index (χ0n) is 19.5. The van der Waals surface area contributed by atoms with Crippen molar-refractivity contribution in [1.29, 1.82) is 0 Å². The Morgan fingerprint density at radius 1 is 1.06 bits per heavy atom. The van der Waals surface area contributed by atoms with E-state index in [-0.39, 0.29) is 11.9 Å². The van der Waals surface area contributed by atoms with Crippen molar-refractivity contribution in [2.45, 2.75) is 30.5 Å². The third-order valence-corrected chi connectivity index (χ3v) is 8.01. The predicted molar refractivity (Wildman–Crippen MR) is 139 cm³/mol. The van der Waals surface area contributed by atoms with E-state index in [9.17, 15) is 4.79 Å². The lowest BCUT2D eigenvalue weighted by Crippen LogP contribution is -2.47. The van der Waals surface area contributed by atoms with Crippen LogP contribution in [0.15, 0.2) is 78.0 Å². The number of benzene rings is 3. The molecule has 4 aromatic rings. The quantitative estimate of drug-likeness (QED) is 0.383. The van der Waals surface area contributed by atoms with Crippen molar-refractivity contribution in [3.63, 3.8) is 0 Å². The Kier molecular flexibility index (Phi) is 5.42. The van der Waals surface area contributed by atoms with Gasteiger partial charge in [-0.15, -0.1) is 0 Å². The fraction of sp³-hybridized carbons (Fsp3) is 0.286. The van der Waals surface area contributed by atoms with Gasteiger partial charge in [-0.3, -0.25) is 9.36 Å². The highest BCUT2D eigenvalue weighted by atomic mass is 32.2. The number of nitrogens with zero attached hydrogens (tertiary/aromatic N) is 4. The minimum Gasteiger partial charge on any atom is -0.308 e. The molecule has 0 bridgehead atoms. The molecule has 1 amide bonds. The molecule has 0 radical (unpaired) electrons. The summed E-state index contributed by atoms with van der Waals surface area (Å²) in [6.07, 6.45) is 1.01. The number of carbonyl (C=O) groups excluding carboxylic acids is 1. The van der Waals surface area contributed by atoms with Crippen molar-refractivity contribution >= 4 is 34.4 Å². The number of imidazole rings is 1. The van der Waals surface area contributed by atoms with Gasteiger partial charge in [-0.2, -0.15) is 0 Å². The number of hydrogen-bond acceptors (Lipinski definition) is 4. The number of thioether (sulfide) groups is 1. The summed E-state index contributed by atoms with van der Waals surface area (Å²) < 4.78 is 2.16. The molecule has 2 aliphatic heterocycles. The molecule has 1 saturated heterocycles. The molecule has 3 aromatic carbocycles. The molecule has 0 spiro atoms. The van der Waals surface area contributed by atoms with E-state index < -0.39 is 0 Å². The standard InChI is InChI=1S/C28H28N4OS/c1-19-12-13-24-21(16-19)22-17-30(2)15-14-25(22)32(24)27(33)18-34-28-29-23-10-6-7-11-26(23)31(28)20-8-4-3-5-9-20/h3-13,16,22,25H,14-15,17-18H2,1-2H3/t22-,25-/m0/s1. The van der Waals surface area contributed by atoms with E-state index in [0.717, 1.165) is 47.1 Å². The van der Waals surface area contributed by atoms with E-state index in [2.05, 4.69) is 64.7 Å². The van der Waals surface area contributed by atoms with Crippen LogP contribution in [0.3, 0.4) is 0 Å². The fourth-order valence-electron chi connectivity index (χ4n) is 5.53. The van der Waals surface area contributed by atoms with Crippen LogP contribution in [-0.4, -0.2) is 52.3 Å². The summed E-state index contributed by atoms with van der Waals surface area (Å²) in [5.74, 6) is 0.915. The van der Waals surface area contributed by atoms with Gasteiger partial charge in [0, 0.05) is 29.9 Å². The van der Waals surface area contributed by atoms with Crippen molar-refractivity contribution in [3.05, 3.63) is 83.9 Å². The molecule has 5 nitrogen and oxygen atoms in total. The smallest absolute Gasteiger partial charge is 0.237 e. The summed E-state index contributed by atoms with van der Waals surface area (Å²) in [5, 5.41) is 0.851. The third kappa shape index (κ3) is 3.62. The molecule has 0 aliphatic carbocycles. The molecule has 2 atom stereocenters. The number of fused-ring (bicyclic) bond motifs is 4. The molecule has 1 fully saturated rings. The van der Waals surface area contributed by atoms with Crippen LogP contribution in [0.2, 0.25) is 0 Å². The summed E-state index contributed by atoms with van der Waals surface area (Å²) in [4.78, 5) is 23.1. The predicted octanol–water partition coefficient (Wildman–Crippen LogP) is 5.26. The van der Waals surface area contributed by atoms with Gasteiger partial charge < -0.3 is 9.80 Å². The number of anilines is 1. The number of likely N-dealkylation sites (N-methyl/N-ethyl adjacent to an activating group) is 1. The number of para-hydroxylation sites is 3. The zero-order valence-corrected chi connectivity index (χ0v) is 20.3. The largest absolute Gasteiger partial charge is 0.308 e. The molecular weight excluding hydrogens is 440 g/mol. The summed E-state index contributed by atoms with van der Waals surface area (Å²) in [6.45, 7) is 4.16. The molecule has 2 aliphatic rings. The van der Waals surface area contributed by atoms with Crippen molar-refractivity contribution in [3.8, 4) is 5.69 Å². The molecule has 6 heteroatoms. The maximum Gasteiger partial charge on any atom is 0.237 e. The first-order chi connectivity index (χ1) is 16.6. The molecule has 1 aromatic heterocycles. The number of aryl methyl sites for hydroxylation is 1. The third-order valence-electron chi connectivity index (χ3n) is 7.09. The molecule has 6 rings (SSSR count). The van der Waals surface area contributed by atoms with Gasteiger partial charge >= 0.3 is 0 Å². The van der Waals surface area contributed by atoms with E-state index in [0.29, 0.717) is 11.7 Å². The van der Waals surface area contributed by atoms with E-state index in [1.807, 2.05) is 36.4 Å². The Morgan fingerprint density at radius 3 is 2.71 bits per heavy atom. The van der Waals surface area contributed by atoms with Gasteiger partial charge in [0.1, 0.15) is 0 Å². The molecule has 0 unspecified atom stereocenters. The average Bonchev–Trinajstić information content (AvgIpc) is 3.38. The van der Waals surface area contributed by atoms with Crippen molar-refractivity contribution in [1.82, 2.24) is 14.5 Å². The zero-order chi connectivity index (χ0) is 23.2. The summed E-state index contributed by atoms with van der Waals surface area (Å²) in [6, 6.07) is 25.2. The van der Waals surface area contributed by atoms with E-state index in [4.69, 9.17) is 4.98 Å². The van der Waals surface area contributed by atoms with Crippen LogP contribution in [-0.2, 0) is 4.79 Å². The summed E-state index contributed by atoms with van der Waals surface area (Å²) in [7, 11) is 2.18. The number of hydrogen-bond donors (Lipinski definition) is 0. The second-order valence-electron chi connectivity index (χ2n) is 9.39. The van der Waals surface area contributed by atoms with Gasteiger partial charge in [0.15, 0.2) is 5.16 Å². The van der Waals surface area contributed by atoms with Gasteiger partial charge in [-0.1, -0.05) is 59.8 Å². The van der Waals surface area contributed by atoms with Crippen LogP contribution < -0.4 is 4.90 Å². The lowest BCUT2D eigenvalue weighted by Gasteiger charge is -2.36. The summed E-state index contributed by atoms with van der Waals surface area (Å²) >= 11 is 1.53. The molecule has 172 valence electrons. The van der Waals surface area contributed by atoms with Crippen LogP contribution in [0.25, 0.3) is 16.7 Å². The SMILES string of the molecule is Cc1ccc2c(c1)[C@@H]1CN(C)CC[C@@H]1N2C(=O)CSc1nc2ccccc2n1-c1ccccc1. The second-order valence-corrected chi connectivity index (χ2v) is 10.3. The van der Waals surface area contributed by atoms with Gasteiger partial charge in [-0.05, 0) is 62.8 Å². The van der Waals surface area contributed by atoms with E-state index >= 15 is 0 Å². The van der Waals surface area contributed by atoms with Crippen molar-refractivity contribution in [2.75, 3.05) is 30.8 Å². The average molecular weight is 469 g/mol. The number of amides is 1. The minimum atomic E-state index is 0.166. The van der Waals surface area contributed by atoms with Crippen LogP contribution in [0, 0.1) is 6.92 Å². The Bertz CT molecular complexity index is 1370. The Balaban J connectivity index is 1.31. The first-order valence-electron chi connectivity index (χ1n) is 11.9. The Labute approximate surface area is 204 Å². The number of aromatic nitrogens is 2.